The highest BCUT2D eigenvalue weighted by Gasteiger charge is 2.64. The van der Waals surface area contributed by atoms with Crippen LogP contribution in [0.5, 0.6) is 0 Å². The van der Waals surface area contributed by atoms with Crippen molar-refractivity contribution in [3.63, 3.8) is 0 Å². The van der Waals surface area contributed by atoms with E-state index in [4.69, 9.17) is 0 Å². The highest BCUT2D eigenvalue weighted by Crippen LogP contribution is 2.62. The Morgan fingerprint density at radius 1 is 1.04 bits per heavy atom. The first-order valence-electron chi connectivity index (χ1n) is 10.0. The summed E-state index contributed by atoms with van der Waals surface area (Å²) in [6.45, 7) is 1.94. The molecule has 0 N–H and O–H groups in total. The predicted molar refractivity (Wildman–Crippen MR) is 103 cm³/mol. The summed E-state index contributed by atoms with van der Waals surface area (Å²) < 4.78 is 28.1. The van der Waals surface area contributed by atoms with Gasteiger partial charge in [-0.05, 0) is 68.7 Å². The van der Waals surface area contributed by atoms with Crippen molar-refractivity contribution in [3.05, 3.63) is 53.9 Å². The lowest BCUT2D eigenvalue weighted by atomic mass is 9.74. The quantitative estimate of drug-likeness (QED) is 0.803. The van der Waals surface area contributed by atoms with Crippen LogP contribution in [0.15, 0.2) is 47.5 Å². The van der Waals surface area contributed by atoms with Gasteiger partial charge >= 0.3 is 0 Å². The molecule has 0 spiro atoms. The summed E-state index contributed by atoms with van der Waals surface area (Å²) in [6.07, 6.45) is 7.70. The van der Waals surface area contributed by atoms with Gasteiger partial charge in [-0.25, -0.2) is 12.4 Å². The van der Waals surface area contributed by atoms with Crippen LogP contribution in [0.25, 0.3) is 0 Å². The average molecular weight is 384 g/mol. The molecule has 2 aromatic rings. The number of rotatable bonds is 3. The van der Waals surface area contributed by atoms with Crippen LogP contribution in [0.2, 0.25) is 0 Å². The number of carbonyl (C=O) groups excluding carboxylic acids is 1. The fourth-order valence-electron chi connectivity index (χ4n) is 6.23. The summed E-state index contributed by atoms with van der Waals surface area (Å²) >= 11 is 0. The smallest absolute Gasteiger partial charge is 0.267 e. The minimum absolute atomic E-state index is 0.140. The van der Waals surface area contributed by atoms with Crippen molar-refractivity contribution < 1.29 is 13.2 Å². The number of fused-ring (bicyclic) bond motifs is 3. The second-order valence-corrected chi connectivity index (χ2v) is 10.4. The molecule has 27 heavy (non-hydrogen) atoms. The van der Waals surface area contributed by atoms with Gasteiger partial charge in [-0.1, -0.05) is 30.5 Å². The van der Waals surface area contributed by atoms with Crippen LogP contribution in [-0.4, -0.2) is 18.2 Å². The third kappa shape index (κ3) is 2.21. The zero-order valence-electron chi connectivity index (χ0n) is 15.6. The molecule has 1 aromatic carbocycles. The van der Waals surface area contributed by atoms with E-state index in [9.17, 15) is 13.2 Å². The summed E-state index contributed by atoms with van der Waals surface area (Å²) in [6, 6.07) is 10.6. The van der Waals surface area contributed by atoms with Crippen molar-refractivity contribution >= 4 is 15.8 Å². The molecule has 5 rings (SSSR count). The normalized spacial score (nSPS) is 32.6. The lowest BCUT2D eigenvalue weighted by Crippen LogP contribution is -2.38. The molecule has 142 valence electrons. The molecule has 3 aliphatic rings. The van der Waals surface area contributed by atoms with Crippen LogP contribution in [0, 0.1) is 24.7 Å². The molecule has 0 amide bonds. The van der Waals surface area contributed by atoms with Gasteiger partial charge in [-0.3, -0.25) is 4.79 Å². The van der Waals surface area contributed by atoms with Gasteiger partial charge in [0.2, 0.25) is 0 Å². The molecule has 3 saturated carbocycles. The van der Waals surface area contributed by atoms with Crippen molar-refractivity contribution in [2.75, 3.05) is 0 Å². The molecule has 5 heteroatoms. The van der Waals surface area contributed by atoms with Gasteiger partial charge in [0.25, 0.3) is 10.0 Å². The van der Waals surface area contributed by atoms with E-state index in [0.29, 0.717) is 23.3 Å². The molecular formula is C22H25NO3S. The largest absolute Gasteiger partial charge is 0.298 e. The second kappa shape index (κ2) is 5.81. The maximum absolute atomic E-state index is 13.5. The molecule has 0 aliphatic heterocycles. The zero-order chi connectivity index (χ0) is 18.8. The van der Waals surface area contributed by atoms with E-state index in [1.807, 2.05) is 25.1 Å². The van der Waals surface area contributed by atoms with Crippen molar-refractivity contribution in [2.45, 2.75) is 55.8 Å². The Morgan fingerprint density at radius 2 is 1.81 bits per heavy atom. The molecular weight excluding hydrogens is 358 g/mol. The number of aryl methyl sites for hydroxylation is 1. The Hall–Kier alpha value is -1.88. The van der Waals surface area contributed by atoms with E-state index in [2.05, 4.69) is 0 Å². The maximum Gasteiger partial charge on any atom is 0.267 e. The first kappa shape index (κ1) is 17.2. The first-order chi connectivity index (χ1) is 13.0. The lowest BCUT2D eigenvalue weighted by Gasteiger charge is -2.31. The summed E-state index contributed by atoms with van der Waals surface area (Å²) in [5, 5.41) is 0. The molecule has 1 heterocycles. The van der Waals surface area contributed by atoms with Crippen molar-refractivity contribution in [3.8, 4) is 0 Å². The monoisotopic (exact) mass is 383 g/mol. The number of aromatic nitrogens is 1. The van der Waals surface area contributed by atoms with Crippen LogP contribution in [0.3, 0.4) is 0 Å². The summed E-state index contributed by atoms with van der Waals surface area (Å²) in [4.78, 5) is 13.8. The van der Waals surface area contributed by atoms with Gasteiger partial charge in [-0.15, -0.1) is 0 Å². The Morgan fingerprint density at radius 3 is 2.59 bits per heavy atom. The van der Waals surface area contributed by atoms with Gasteiger partial charge in [0, 0.05) is 17.8 Å². The lowest BCUT2D eigenvalue weighted by molar-refractivity contribution is -0.126. The number of carbonyl (C=O) groups is 1. The van der Waals surface area contributed by atoms with E-state index < -0.39 is 15.4 Å². The number of hydrogen-bond acceptors (Lipinski definition) is 3. The van der Waals surface area contributed by atoms with Crippen molar-refractivity contribution in [1.82, 2.24) is 3.97 Å². The Bertz CT molecular complexity index is 1000. The van der Waals surface area contributed by atoms with Crippen molar-refractivity contribution in [1.29, 1.82) is 0 Å². The number of ketones is 1. The van der Waals surface area contributed by atoms with Gasteiger partial charge < -0.3 is 0 Å². The molecule has 0 radical (unpaired) electrons. The Balaban J connectivity index is 1.65. The first-order valence-corrected chi connectivity index (χ1v) is 11.4. The molecule has 0 saturated heterocycles. The molecule has 4 nitrogen and oxygen atoms in total. The standard InChI is InChI=1S/C22H25NO3S/c1-15-9-11-16(12-10-15)27(25,26)23-14-4-8-20(23)22-13-3-7-19(22)17-5-2-6-18(17)21(22)24/h4,8-12,14,17-19H,2-3,5-7,13H2,1H3/t17-,18+,19+,22+/m1/s1. The maximum atomic E-state index is 13.5. The third-order valence-corrected chi connectivity index (χ3v) is 9.03. The minimum atomic E-state index is -3.71. The topological polar surface area (TPSA) is 56.1 Å². The summed E-state index contributed by atoms with van der Waals surface area (Å²) in [7, 11) is -3.71. The number of benzene rings is 1. The fraction of sp³-hybridized carbons (Fsp3) is 0.500. The van der Waals surface area contributed by atoms with Crippen LogP contribution < -0.4 is 0 Å². The van der Waals surface area contributed by atoms with Gasteiger partial charge in [0.1, 0.15) is 5.78 Å². The highest BCUT2D eigenvalue weighted by molar-refractivity contribution is 7.90. The fourth-order valence-corrected chi connectivity index (χ4v) is 7.65. The Labute approximate surface area is 160 Å². The predicted octanol–water partition coefficient (Wildman–Crippen LogP) is 4.07. The van der Waals surface area contributed by atoms with E-state index in [1.54, 1.807) is 24.4 Å². The van der Waals surface area contributed by atoms with Crippen LogP contribution in [0.4, 0.5) is 0 Å². The molecule has 0 bridgehead atoms. The van der Waals surface area contributed by atoms with Crippen LogP contribution in [-0.2, 0) is 20.2 Å². The summed E-state index contributed by atoms with van der Waals surface area (Å²) in [5.74, 6) is 1.21. The SMILES string of the molecule is Cc1ccc(S(=O)(=O)n2cccc2[C@]23CCC[C@H]2[C@@H]2CCC[C@@H]2C3=O)cc1. The number of nitrogens with zero attached hydrogens (tertiary/aromatic N) is 1. The van der Waals surface area contributed by atoms with E-state index in [1.165, 1.54) is 3.97 Å². The molecule has 0 unspecified atom stereocenters. The zero-order valence-corrected chi connectivity index (χ0v) is 16.4. The van der Waals surface area contributed by atoms with Gasteiger partial charge in [0.15, 0.2) is 0 Å². The molecule has 3 aliphatic carbocycles. The number of hydrogen-bond donors (Lipinski definition) is 0. The summed E-state index contributed by atoms with van der Waals surface area (Å²) in [5.41, 5.74) is 1.12. The second-order valence-electron chi connectivity index (χ2n) is 8.54. The van der Waals surface area contributed by atoms with Crippen LogP contribution in [0.1, 0.15) is 49.8 Å². The van der Waals surface area contributed by atoms with E-state index in [-0.39, 0.29) is 10.8 Å². The van der Waals surface area contributed by atoms with Gasteiger partial charge in [0.05, 0.1) is 10.3 Å². The van der Waals surface area contributed by atoms with E-state index in [0.717, 1.165) is 44.1 Å². The van der Waals surface area contributed by atoms with Crippen LogP contribution >= 0.6 is 0 Å². The van der Waals surface area contributed by atoms with Crippen molar-refractivity contribution in [2.24, 2.45) is 17.8 Å². The average Bonchev–Trinajstić information content (AvgIpc) is 3.39. The third-order valence-electron chi connectivity index (χ3n) is 7.33. The van der Waals surface area contributed by atoms with Gasteiger partial charge in [-0.2, -0.15) is 0 Å². The molecule has 3 fully saturated rings. The van der Waals surface area contributed by atoms with E-state index >= 15 is 0 Å². The minimum Gasteiger partial charge on any atom is -0.298 e. The Kier molecular flexibility index (Phi) is 3.71. The number of Topliss-reactive ketones (excluding diaryl/α,β-unsaturated/α-hetero) is 1. The highest BCUT2D eigenvalue weighted by atomic mass is 32.2. The molecule has 4 atom stereocenters. The molecule has 1 aromatic heterocycles.